The van der Waals surface area contributed by atoms with Crippen molar-refractivity contribution >= 4 is 11.6 Å². The average Bonchev–Trinajstić information content (AvgIpc) is 2.80. The van der Waals surface area contributed by atoms with Crippen LogP contribution in [0.4, 0.5) is 0 Å². The fourth-order valence-electron chi connectivity index (χ4n) is 3.61. The van der Waals surface area contributed by atoms with E-state index in [0.717, 1.165) is 11.6 Å². The minimum atomic E-state index is 0.124. The van der Waals surface area contributed by atoms with Crippen molar-refractivity contribution in [3.05, 3.63) is 34.9 Å². The van der Waals surface area contributed by atoms with Crippen LogP contribution in [0.2, 0.25) is 5.02 Å². The van der Waals surface area contributed by atoms with Crippen LogP contribution >= 0.6 is 11.6 Å². The van der Waals surface area contributed by atoms with Gasteiger partial charge in [0.1, 0.15) is 0 Å². The predicted octanol–water partition coefficient (Wildman–Crippen LogP) is 3.85. The molecule has 0 bridgehead atoms. The zero-order valence-electron chi connectivity index (χ0n) is 12.2. The Kier molecular flexibility index (Phi) is 4.54. The largest absolute Gasteiger partial charge is 0.329 e. The Morgan fingerprint density at radius 3 is 2.68 bits per heavy atom. The molecule has 0 amide bonds. The summed E-state index contributed by atoms with van der Waals surface area (Å²) < 4.78 is 0. The first-order valence-electron chi connectivity index (χ1n) is 7.20. The molecule has 1 aromatic rings. The van der Waals surface area contributed by atoms with Crippen LogP contribution in [-0.4, -0.2) is 24.0 Å². The van der Waals surface area contributed by atoms with E-state index in [-0.39, 0.29) is 11.6 Å². The van der Waals surface area contributed by atoms with Crippen molar-refractivity contribution in [3.8, 4) is 0 Å². The number of hydrogen-bond donors (Lipinski definition) is 1. The van der Waals surface area contributed by atoms with Crippen molar-refractivity contribution in [1.82, 2.24) is 4.90 Å². The predicted molar refractivity (Wildman–Crippen MR) is 82.4 cm³/mol. The van der Waals surface area contributed by atoms with E-state index in [1.54, 1.807) is 0 Å². The van der Waals surface area contributed by atoms with Crippen LogP contribution in [0, 0.1) is 5.92 Å². The van der Waals surface area contributed by atoms with Crippen LogP contribution in [0.1, 0.15) is 44.7 Å². The van der Waals surface area contributed by atoms with Gasteiger partial charge in [0.25, 0.3) is 0 Å². The Balaban J connectivity index is 2.28. The van der Waals surface area contributed by atoms with Gasteiger partial charge in [-0.15, -0.1) is 0 Å². The van der Waals surface area contributed by atoms with Gasteiger partial charge in [0.2, 0.25) is 0 Å². The van der Waals surface area contributed by atoms with Gasteiger partial charge in [-0.25, -0.2) is 0 Å². The van der Waals surface area contributed by atoms with Crippen molar-refractivity contribution < 1.29 is 0 Å². The number of likely N-dealkylation sites (N-methyl/N-ethyl adjacent to an activating group) is 1. The monoisotopic (exact) mass is 280 g/mol. The summed E-state index contributed by atoms with van der Waals surface area (Å²) in [4.78, 5) is 2.45. The normalized spacial score (nSPS) is 28.8. The zero-order chi connectivity index (χ0) is 14.0. The Morgan fingerprint density at radius 1 is 1.47 bits per heavy atom. The molecule has 1 aliphatic carbocycles. The molecule has 2 rings (SSSR count). The van der Waals surface area contributed by atoms with Crippen LogP contribution in [-0.2, 0) is 0 Å². The number of nitrogens with zero attached hydrogens (tertiary/aromatic N) is 1. The van der Waals surface area contributed by atoms with Gasteiger partial charge in [0.15, 0.2) is 0 Å². The van der Waals surface area contributed by atoms with Gasteiger partial charge in [-0.2, -0.15) is 0 Å². The summed E-state index contributed by atoms with van der Waals surface area (Å²) in [5.41, 5.74) is 7.46. The lowest BCUT2D eigenvalue weighted by molar-refractivity contribution is 0.0554. The highest BCUT2D eigenvalue weighted by atomic mass is 35.5. The van der Waals surface area contributed by atoms with E-state index >= 15 is 0 Å². The van der Waals surface area contributed by atoms with Crippen LogP contribution in [0.5, 0.6) is 0 Å². The van der Waals surface area contributed by atoms with Crippen LogP contribution in [0.25, 0.3) is 0 Å². The van der Waals surface area contributed by atoms with Gasteiger partial charge in [0, 0.05) is 23.1 Å². The van der Waals surface area contributed by atoms with Gasteiger partial charge in [-0.3, -0.25) is 4.90 Å². The number of rotatable bonds is 4. The molecular formula is C16H25ClN2. The lowest BCUT2D eigenvalue weighted by Crippen LogP contribution is -2.54. The fraction of sp³-hybridized carbons (Fsp3) is 0.625. The molecule has 1 aliphatic rings. The Labute approximate surface area is 121 Å². The summed E-state index contributed by atoms with van der Waals surface area (Å²) in [6.07, 6.45) is 3.74. The summed E-state index contributed by atoms with van der Waals surface area (Å²) >= 11 is 6.34. The van der Waals surface area contributed by atoms with Crippen molar-refractivity contribution in [2.24, 2.45) is 11.7 Å². The lowest BCUT2D eigenvalue weighted by atomic mass is 9.85. The third-order valence-corrected chi connectivity index (χ3v) is 5.50. The highest BCUT2D eigenvalue weighted by Crippen LogP contribution is 2.43. The molecule has 1 saturated carbocycles. The summed E-state index contributed by atoms with van der Waals surface area (Å²) in [7, 11) is 2.20. The van der Waals surface area contributed by atoms with Crippen molar-refractivity contribution in [1.29, 1.82) is 0 Å². The van der Waals surface area contributed by atoms with Crippen LogP contribution < -0.4 is 5.73 Å². The molecule has 0 spiro atoms. The molecule has 0 heterocycles. The molecule has 1 aromatic carbocycles. The topological polar surface area (TPSA) is 29.3 Å². The van der Waals surface area contributed by atoms with Crippen molar-refractivity contribution in [3.63, 3.8) is 0 Å². The highest BCUT2D eigenvalue weighted by Gasteiger charge is 2.44. The first kappa shape index (κ1) is 14.8. The van der Waals surface area contributed by atoms with E-state index in [1.807, 2.05) is 12.1 Å². The van der Waals surface area contributed by atoms with Crippen LogP contribution in [0.3, 0.4) is 0 Å². The maximum absolute atomic E-state index is 6.34. The Hall–Kier alpha value is -0.570. The quantitative estimate of drug-likeness (QED) is 0.908. The summed E-state index contributed by atoms with van der Waals surface area (Å²) in [5.74, 6) is 0.646. The first-order chi connectivity index (χ1) is 9.03. The summed E-state index contributed by atoms with van der Waals surface area (Å²) in [6.45, 7) is 5.28. The van der Waals surface area contributed by atoms with Gasteiger partial charge < -0.3 is 5.73 Å². The van der Waals surface area contributed by atoms with E-state index in [4.69, 9.17) is 17.3 Å². The molecular weight excluding hydrogens is 256 g/mol. The van der Waals surface area contributed by atoms with Crippen molar-refractivity contribution in [2.45, 2.75) is 44.7 Å². The molecule has 19 heavy (non-hydrogen) atoms. The van der Waals surface area contributed by atoms with Crippen molar-refractivity contribution in [2.75, 3.05) is 13.6 Å². The molecule has 0 radical (unpaired) electrons. The second-order valence-electron chi connectivity index (χ2n) is 5.91. The third-order valence-electron chi connectivity index (χ3n) is 5.16. The summed E-state index contributed by atoms with van der Waals surface area (Å²) in [6, 6.07) is 8.41. The third kappa shape index (κ3) is 2.54. The first-order valence-corrected chi connectivity index (χ1v) is 7.58. The van der Waals surface area contributed by atoms with Gasteiger partial charge in [-0.1, -0.05) is 43.1 Å². The molecule has 1 fully saturated rings. The molecule has 106 valence electrons. The minimum Gasteiger partial charge on any atom is -0.329 e. The van der Waals surface area contributed by atoms with Gasteiger partial charge >= 0.3 is 0 Å². The molecule has 2 nitrogen and oxygen atoms in total. The molecule has 3 unspecified atom stereocenters. The van der Waals surface area contributed by atoms with E-state index in [9.17, 15) is 0 Å². The second-order valence-corrected chi connectivity index (χ2v) is 6.32. The maximum atomic E-state index is 6.34. The lowest BCUT2D eigenvalue weighted by Gasteiger charge is -2.45. The molecule has 0 aromatic heterocycles. The molecule has 2 N–H and O–H groups in total. The molecule has 3 atom stereocenters. The number of halogens is 1. The van der Waals surface area contributed by atoms with Gasteiger partial charge in [0.05, 0.1) is 0 Å². The fourth-order valence-corrected chi connectivity index (χ4v) is 3.90. The van der Waals surface area contributed by atoms with E-state index in [0.29, 0.717) is 5.92 Å². The molecule has 0 saturated heterocycles. The van der Waals surface area contributed by atoms with E-state index in [2.05, 4.69) is 37.9 Å². The summed E-state index contributed by atoms with van der Waals surface area (Å²) in [5, 5.41) is 0.847. The van der Waals surface area contributed by atoms with Gasteiger partial charge in [-0.05, 0) is 44.4 Å². The average molecular weight is 281 g/mol. The second kappa shape index (κ2) is 5.82. The smallest absolute Gasteiger partial charge is 0.0453 e. The Bertz CT molecular complexity index is 435. The number of nitrogens with two attached hydrogens (primary N) is 1. The molecule has 3 heteroatoms. The highest BCUT2D eigenvalue weighted by molar-refractivity contribution is 6.31. The SMILES string of the molecule is CC(c1ccccc1Cl)N(C)C1(CN)CCCC1C. The minimum absolute atomic E-state index is 0.124. The number of hydrogen-bond acceptors (Lipinski definition) is 2. The van der Waals surface area contributed by atoms with E-state index < -0.39 is 0 Å². The molecule has 0 aliphatic heterocycles. The zero-order valence-corrected chi connectivity index (χ0v) is 13.0. The number of benzene rings is 1. The van der Waals surface area contributed by atoms with E-state index in [1.165, 1.54) is 24.8 Å². The van der Waals surface area contributed by atoms with Crippen LogP contribution in [0.15, 0.2) is 24.3 Å². The Morgan fingerprint density at radius 2 is 2.16 bits per heavy atom. The standard InChI is InChI=1S/C16H25ClN2/c1-12-7-6-10-16(12,11-18)19(3)13(2)14-8-4-5-9-15(14)17/h4-5,8-9,12-13H,6-7,10-11,18H2,1-3H3. The maximum Gasteiger partial charge on any atom is 0.0453 e.